The molecule has 0 aliphatic heterocycles. The fourth-order valence-corrected chi connectivity index (χ4v) is 6.37. The van der Waals surface area contributed by atoms with Gasteiger partial charge in [0.1, 0.15) is 5.70 Å². The Hall–Kier alpha value is -5.39. The highest BCUT2D eigenvalue weighted by molar-refractivity contribution is 8.00. The molecule has 4 aromatic carbocycles. The number of aromatic nitrogens is 1. The first-order valence-electron chi connectivity index (χ1n) is 15.1. The van der Waals surface area contributed by atoms with Gasteiger partial charge < -0.3 is 25.4 Å². The summed E-state index contributed by atoms with van der Waals surface area (Å²) in [6, 6.07) is 30.8. The quantitative estimate of drug-likeness (QED) is 0.0861. The predicted octanol–water partition coefficient (Wildman–Crippen LogP) is 7.75. The topological polar surface area (TPSA) is 119 Å². The minimum absolute atomic E-state index is 0.0924. The van der Waals surface area contributed by atoms with Crippen LogP contribution < -0.4 is 25.4 Å². The van der Waals surface area contributed by atoms with E-state index in [0.29, 0.717) is 40.0 Å². The van der Waals surface area contributed by atoms with E-state index in [4.69, 9.17) is 9.47 Å². The van der Waals surface area contributed by atoms with E-state index in [1.165, 1.54) is 23.1 Å². The predicted molar refractivity (Wildman–Crippen MR) is 193 cm³/mol. The number of thioether (sulfide) groups is 1. The largest absolute Gasteiger partial charge is 0.493 e. The highest BCUT2D eigenvalue weighted by atomic mass is 32.2. The lowest BCUT2D eigenvalue weighted by Gasteiger charge is -2.15. The normalized spacial score (nSPS) is 11.7. The summed E-state index contributed by atoms with van der Waals surface area (Å²) in [4.78, 5) is 45.1. The molecule has 244 valence electrons. The van der Waals surface area contributed by atoms with Crippen molar-refractivity contribution in [2.45, 2.75) is 23.5 Å². The molecule has 1 unspecified atom stereocenters. The Morgan fingerprint density at radius 2 is 1.58 bits per heavy atom. The van der Waals surface area contributed by atoms with Crippen LogP contribution in [0.1, 0.15) is 29.3 Å². The third-order valence-electron chi connectivity index (χ3n) is 7.09. The van der Waals surface area contributed by atoms with Crippen LogP contribution in [0.5, 0.6) is 11.5 Å². The molecule has 48 heavy (non-hydrogen) atoms. The molecule has 0 saturated heterocycles. The van der Waals surface area contributed by atoms with Gasteiger partial charge in [-0.25, -0.2) is 4.98 Å². The Balaban J connectivity index is 1.26. The fourth-order valence-electron chi connectivity index (χ4n) is 4.64. The van der Waals surface area contributed by atoms with Crippen molar-refractivity contribution in [1.82, 2.24) is 10.3 Å². The number of thiazole rings is 1. The summed E-state index contributed by atoms with van der Waals surface area (Å²) in [5.41, 5.74) is 3.35. The third-order valence-corrected chi connectivity index (χ3v) is 9.20. The van der Waals surface area contributed by atoms with Crippen molar-refractivity contribution < 1.29 is 23.9 Å². The number of hydrogen-bond donors (Lipinski definition) is 3. The maximum Gasteiger partial charge on any atom is 0.272 e. The summed E-state index contributed by atoms with van der Waals surface area (Å²) in [5.74, 6) is 0.154. The van der Waals surface area contributed by atoms with Gasteiger partial charge in [0, 0.05) is 27.1 Å². The average molecular weight is 679 g/mol. The Bertz CT molecular complexity index is 1910. The van der Waals surface area contributed by atoms with E-state index in [1.807, 2.05) is 79.0 Å². The number of nitrogens with zero attached hydrogens (tertiary/aromatic N) is 1. The van der Waals surface area contributed by atoms with Crippen molar-refractivity contribution in [3.63, 3.8) is 0 Å². The molecule has 1 heterocycles. The van der Waals surface area contributed by atoms with Crippen LogP contribution in [-0.4, -0.2) is 42.2 Å². The average Bonchev–Trinajstić information content (AvgIpc) is 3.59. The fraction of sp³-hybridized carbons (Fsp3) is 0.135. The molecular weight excluding hydrogens is 645 g/mol. The van der Waals surface area contributed by atoms with Gasteiger partial charge in [0.15, 0.2) is 16.6 Å². The van der Waals surface area contributed by atoms with Gasteiger partial charge in [0.2, 0.25) is 5.91 Å². The van der Waals surface area contributed by atoms with Crippen LogP contribution >= 0.6 is 23.1 Å². The number of carbonyl (C=O) groups is 3. The van der Waals surface area contributed by atoms with Crippen LogP contribution in [0.3, 0.4) is 0 Å². The first kappa shape index (κ1) is 34.0. The zero-order chi connectivity index (χ0) is 33.9. The summed E-state index contributed by atoms with van der Waals surface area (Å²) < 4.78 is 10.7. The lowest BCUT2D eigenvalue weighted by molar-refractivity contribution is -0.116. The minimum atomic E-state index is -0.482. The van der Waals surface area contributed by atoms with Gasteiger partial charge >= 0.3 is 0 Å². The number of benzene rings is 4. The molecule has 0 aliphatic carbocycles. The minimum Gasteiger partial charge on any atom is -0.493 e. The maximum absolute atomic E-state index is 13.5. The van der Waals surface area contributed by atoms with E-state index < -0.39 is 17.1 Å². The van der Waals surface area contributed by atoms with Crippen molar-refractivity contribution in [2.75, 3.05) is 24.9 Å². The Kier molecular flexibility index (Phi) is 11.6. The summed E-state index contributed by atoms with van der Waals surface area (Å²) >= 11 is 2.73. The summed E-state index contributed by atoms with van der Waals surface area (Å²) in [6.07, 6.45) is 2.19. The molecule has 9 nitrogen and oxygen atoms in total. The number of rotatable bonds is 13. The molecule has 1 atom stereocenters. The van der Waals surface area contributed by atoms with Gasteiger partial charge in [-0.1, -0.05) is 61.5 Å². The molecule has 5 aromatic rings. The molecule has 0 saturated carbocycles. The maximum atomic E-state index is 13.5. The zero-order valence-corrected chi connectivity index (χ0v) is 28.2. The lowest BCUT2D eigenvalue weighted by atomic mass is 10.1. The van der Waals surface area contributed by atoms with E-state index in [-0.39, 0.29) is 11.6 Å². The van der Waals surface area contributed by atoms with Crippen molar-refractivity contribution in [2.24, 2.45) is 0 Å². The number of amides is 3. The lowest BCUT2D eigenvalue weighted by Crippen LogP contribution is -2.30. The Morgan fingerprint density at radius 1 is 0.854 bits per heavy atom. The monoisotopic (exact) mass is 678 g/mol. The molecule has 0 fully saturated rings. The molecule has 0 bridgehead atoms. The molecular formula is C37H34N4O5S2. The third kappa shape index (κ3) is 8.90. The van der Waals surface area contributed by atoms with Gasteiger partial charge in [-0.3, -0.25) is 14.4 Å². The second-order valence-electron chi connectivity index (χ2n) is 10.4. The standard InChI is InChI=1S/C37H34N4O5S2/c1-4-33(36(44)41-37-40-30(23-47-37)26-18-19-31(45-2)32(21-26)46-3)48-28-17-11-16-27(22-28)38-35(43)29(20-24-12-7-5-8-13-24)39-34(42)25-14-9-6-10-15-25/h5-23,33H,4H2,1-3H3,(H,38,43)(H,39,42)(H,40,41,44)/b29-20-. The van der Waals surface area contributed by atoms with Gasteiger partial charge in [0.05, 0.1) is 25.2 Å². The van der Waals surface area contributed by atoms with E-state index in [1.54, 1.807) is 56.7 Å². The smallest absolute Gasteiger partial charge is 0.272 e. The first-order chi connectivity index (χ1) is 23.4. The second-order valence-corrected chi connectivity index (χ2v) is 12.5. The van der Waals surface area contributed by atoms with Crippen LogP contribution in [0.15, 0.2) is 119 Å². The number of hydrogen-bond acceptors (Lipinski definition) is 8. The number of nitrogens with one attached hydrogen (secondary N) is 3. The Labute approximate surface area is 287 Å². The van der Waals surface area contributed by atoms with E-state index >= 15 is 0 Å². The van der Waals surface area contributed by atoms with Crippen molar-refractivity contribution in [3.05, 3.63) is 125 Å². The zero-order valence-electron chi connectivity index (χ0n) is 26.6. The van der Waals surface area contributed by atoms with Crippen LogP contribution in [-0.2, 0) is 9.59 Å². The summed E-state index contributed by atoms with van der Waals surface area (Å²) in [5, 5.41) is 10.5. The van der Waals surface area contributed by atoms with Crippen molar-refractivity contribution >= 4 is 57.7 Å². The van der Waals surface area contributed by atoms with E-state index in [9.17, 15) is 14.4 Å². The summed E-state index contributed by atoms with van der Waals surface area (Å²) in [7, 11) is 3.16. The second kappa shape index (κ2) is 16.4. The summed E-state index contributed by atoms with van der Waals surface area (Å²) in [6.45, 7) is 1.94. The van der Waals surface area contributed by atoms with Crippen molar-refractivity contribution in [3.8, 4) is 22.8 Å². The Morgan fingerprint density at radius 3 is 2.29 bits per heavy atom. The van der Waals surface area contributed by atoms with Gasteiger partial charge in [-0.15, -0.1) is 23.1 Å². The molecule has 0 spiro atoms. The molecule has 0 radical (unpaired) electrons. The molecule has 3 amide bonds. The number of anilines is 2. The van der Waals surface area contributed by atoms with Gasteiger partial charge in [0.25, 0.3) is 11.8 Å². The molecule has 3 N–H and O–H groups in total. The van der Waals surface area contributed by atoms with Crippen LogP contribution in [0, 0.1) is 0 Å². The van der Waals surface area contributed by atoms with Crippen LogP contribution in [0.25, 0.3) is 17.3 Å². The van der Waals surface area contributed by atoms with Gasteiger partial charge in [-0.2, -0.15) is 0 Å². The number of ether oxygens (including phenoxy) is 2. The van der Waals surface area contributed by atoms with E-state index in [0.717, 1.165) is 16.0 Å². The molecule has 5 rings (SSSR count). The number of carbonyl (C=O) groups excluding carboxylic acids is 3. The van der Waals surface area contributed by atoms with Gasteiger partial charge in [-0.05, 0) is 66.6 Å². The first-order valence-corrected chi connectivity index (χ1v) is 16.8. The van der Waals surface area contributed by atoms with Crippen LogP contribution in [0.2, 0.25) is 0 Å². The highest BCUT2D eigenvalue weighted by Gasteiger charge is 2.21. The molecule has 0 aliphatic rings. The van der Waals surface area contributed by atoms with Crippen molar-refractivity contribution in [1.29, 1.82) is 0 Å². The van der Waals surface area contributed by atoms with Crippen LogP contribution in [0.4, 0.5) is 10.8 Å². The van der Waals surface area contributed by atoms with E-state index in [2.05, 4.69) is 20.9 Å². The number of methoxy groups -OCH3 is 2. The highest BCUT2D eigenvalue weighted by Crippen LogP contribution is 2.34. The SMILES string of the molecule is CCC(Sc1cccc(NC(=O)/C(=C/c2ccccc2)NC(=O)c2ccccc2)c1)C(=O)Nc1nc(-c2ccc(OC)c(OC)c2)cs1. The molecule has 1 aromatic heterocycles. The molecule has 11 heteroatoms.